The average Bonchev–Trinajstić information content (AvgIpc) is 2.49. The van der Waals surface area contributed by atoms with Gasteiger partial charge in [-0.3, -0.25) is 0 Å². The molecule has 0 fully saturated rings. The molecular formula is C9H10ClF3OS. The molecule has 1 nitrogen and oxygen atoms in total. The first-order valence-corrected chi connectivity index (χ1v) is 5.63. The Morgan fingerprint density at radius 3 is 2.60 bits per heavy atom. The summed E-state index contributed by atoms with van der Waals surface area (Å²) >= 11 is 6.88. The Hall–Kier alpha value is -0.260. The molecule has 0 aromatic carbocycles. The Kier molecular flexibility index (Phi) is 4.43. The van der Waals surface area contributed by atoms with Gasteiger partial charge in [-0.25, -0.2) is 0 Å². The Balaban J connectivity index is 2.34. The van der Waals surface area contributed by atoms with Crippen molar-refractivity contribution in [2.45, 2.75) is 31.5 Å². The monoisotopic (exact) mass is 258 g/mol. The van der Waals surface area contributed by atoms with Gasteiger partial charge in [0.1, 0.15) is 0 Å². The van der Waals surface area contributed by atoms with Gasteiger partial charge in [0.2, 0.25) is 0 Å². The number of rotatable bonds is 4. The first-order chi connectivity index (χ1) is 6.88. The van der Waals surface area contributed by atoms with Crippen molar-refractivity contribution in [3.05, 3.63) is 21.3 Å². The van der Waals surface area contributed by atoms with E-state index in [9.17, 15) is 18.3 Å². The highest BCUT2D eigenvalue weighted by Crippen LogP contribution is 2.30. The van der Waals surface area contributed by atoms with Crippen molar-refractivity contribution in [3.8, 4) is 0 Å². The van der Waals surface area contributed by atoms with Crippen LogP contribution in [0.25, 0.3) is 0 Å². The average molecular weight is 259 g/mol. The molecule has 6 heteroatoms. The third-order valence-corrected chi connectivity index (χ3v) is 3.24. The van der Waals surface area contributed by atoms with E-state index >= 15 is 0 Å². The minimum atomic E-state index is -4.15. The van der Waals surface area contributed by atoms with E-state index in [1.165, 1.54) is 11.3 Å². The fourth-order valence-corrected chi connectivity index (χ4v) is 2.24. The van der Waals surface area contributed by atoms with Crippen LogP contribution in [0.1, 0.15) is 30.2 Å². The first-order valence-electron chi connectivity index (χ1n) is 4.37. The zero-order valence-electron chi connectivity index (χ0n) is 7.72. The second kappa shape index (κ2) is 5.18. The SMILES string of the molecule is OC(CCCC(F)(F)F)c1cc(Cl)cs1. The molecule has 1 N–H and O–H groups in total. The van der Waals surface area contributed by atoms with Crippen molar-refractivity contribution in [3.63, 3.8) is 0 Å². The number of aliphatic hydroxyl groups is 1. The second-order valence-electron chi connectivity index (χ2n) is 3.19. The van der Waals surface area contributed by atoms with Crippen LogP contribution in [0.5, 0.6) is 0 Å². The molecule has 1 atom stereocenters. The lowest BCUT2D eigenvalue weighted by Gasteiger charge is -2.09. The number of hydrogen-bond donors (Lipinski definition) is 1. The van der Waals surface area contributed by atoms with Crippen molar-refractivity contribution >= 4 is 22.9 Å². The molecule has 1 aromatic heterocycles. The van der Waals surface area contributed by atoms with E-state index in [2.05, 4.69) is 0 Å². The number of aliphatic hydroxyl groups excluding tert-OH is 1. The van der Waals surface area contributed by atoms with Gasteiger partial charge in [-0.1, -0.05) is 11.6 Å². The third kappa shape index (κ3) is 4.86. The first kappa shape index (κ1) is 12.8. The lowest BCUT2D eigenvalue weighted by atomic mass is 10.1. The van der Waals surface area contributed by atoms with Crippen LogP contribution in [0, 0.1) is 0 Å². The quantitative estimate of drug-likeness (QED) is 0.859. The van der Waals surface area contributed by atoms with Gasteiger partial charge in [0, 0.05) is 16.7 Å². The van der Waals surface area contributed by atoms with E-state index in [0.717, 1.165) is 0 Å². The van der Waals surface area contributed by atoms with E-state index in [1.807, 2.05) is 0 Å². The van der Waals surface area contributed by atoms with Crippen LogP contribution in [0.2, 0.25) is 5.02 Å². The number of thiophene rings is 1. The van der Waals surface area contributed by atoms with Crippen LogP contribution in [0.4, 0.5) is 13.2 Å². The molecule has 0 saturated carbocycles. The van der Waals surface area contributed by atoms with E-state index < -0.39 is 18.7 Å². The zero-order valence-corrected chi connectivity index (χ0v) is 9.29. The summed E-state index contributed by atoms with van der Waals surface area (Å²) < 4.78 is 35.4. The molecule has 0 amide bonds. The number of hydrogen-bond acceptors (Lipinski definition) is 2. The highest BCUT2D eigenvalue weighted by Gasteiger charge is 2.26. The maximum atomic E-state index is 11.8. The van der Waals surface area contributed by atoms with Gasteiger partial charge in [0.25, 0.3) is 0 Å². The van der Waals surface area contributed by atoms with Gasteiger partial charge in [-0.05, 0) is 18.9 Å². The normalized spacial score (nSPS) is 14.2. The van der Waals surface area contributed by atoms with Crippen LogP contribution in [-0.4, -0.2) is 11.3 Å². The molecule has 0 aliphatic carbocycles. The minimum Gasteiger partial charge on any atom is -0.388 e. The van der Waals surface area contributed by atoms with E-state index in [4.69, 9.17) is 11.6 Å². The van der Waals surface area contributed by atoms with Crippen LogP contribution in [0.15, 0.2) is 11.4 Å². The highest BCUT2D eigenvalue weighted by atomic mass is 35.5. The molecule has 0 saturated heterocycles. The summed E-state index contributed by atoms with van der Waals surface area (Å²) in [5, 5.41) is 11.7. The summed E-state index contributed by atoms with van der Waals surface area (Å²) in [6.07, 6.45) is -5.81. The predicted octanol–water partition coefficient (Wildman–Crippen LogP) is 4.17. The fourth-order valence-electron chi connectivity index (χ4n) is 1.14. The molecule has 1 unspecified atom stereocenters. The summed E-state index contributed by atoms with van der Waals surface area (Å²) in [7, 11) is 0. The molecule has 86 valence electrons. The molecule has 0 radical (unpaired) electrons. The summed E-state index contributed by atoms with van der Waals surface area (Å²) in [6, 6.07) is 1.57. The van der Waals surface area contributed by atoms with Gasteiger partial charge >= 0.3 is 6.18 Å². The molecule has 0 spiro atoms. The van der Waals surface area contributed by atoms with Crippen molar-refractivity contribution in [2.75, 3.05) is 0 Å². The lowest BCUT2D eigenvalue weighted by Crippen LogP contribution is -2.07. The Morgan fingerprint density at radius 2 is 2.13 bits per heavy atom. The van der Waals surface area contributed by atoms with Gasteiger partial charge in [-0.2, -0.15) is 13.2 Å². The number of halogens is 4. The van der Waals surface area contributed by atoms with Gasteiger partial charge in [0.05, 0.1) is 11.1 Å². The smallest absolute Gasteiger partial charge is 0.388 e. The molecule has 1 aromatic rings. The fraction of sp³-hybridized carbons (Fsp3) is 0.556. The number of alkyl halides is 3. The second-order valence-corrected chi connectivity index (χ2v) is 4.57. The standard InChI is InChI=1S/C9H10ClF3OS/c10-6-4-8(15-5-6)7(14)2-1-3-9(11,12)13/h4-5,7,14H,1-3H2. The Bertz CT molecular complexity index is 311. The van der Waals surface area contributed by atoms with Crippen molar-refractivity contribution in [1.29, 1.82) is 0 Å². The highest BCUT2D eigenvalue weighted by molar-refractivity contribution is 7.10. The summed E-state index contributed by atoms with van der Waals surface area (Å²) in [5.74, 6) is 0. The van der Waals surface area contributed by atoms with E-state index in [1.54, 1.807) is 11.4 Å². The maximum absolute atomic E-state index is 11.8. The molecule has 0 aliphatic rings. The molecule has 15 heavy (non-hydrogen) atoms. The molecular weight excluding hydrogens is 249 g/mol. The Labute approximate surface area is 94.5 Å². The van der Waals surface area contributed by atoms with Gasteiger partial charge < -0.3 is 5.11 Å². The Morgan fingerprint density at radius 1 is 1.47 bits per heavy atom. The molecule has 0 aliphatic heterocycles. The van der Waals surface area contributed by atoms with Crippen LogP contribution in [-0.2, 0) is 0 Å². The summed E-state index contributed by atoms with van der Waals surface area (Å²) in [5.41, 5.74) is 0. The molecule has 0 bridgehead atoms. The topological polar surface area (TPSA) is 20.2 Å². The summed E-state index contributed by atoms with van der Waals surface area (Å²) in [6.45, 7) is 0. The maximum Gasteiger partial charge on any atom is 0.389 e. The van der Waals surface area contributed by atoms with Crippen molar-refractivity contribution in [1.82, 2.24) is 0 Å². The van der Waals surface area contributed by atoms with Gasteiger partial charge in [0.15, 0.2) is 0 Å². The summed E-state index contributed by atoms with van der Waals surface area (Å²) in [4.78, 5) is 0.613. The lowest BCUT2D eigenvalue weighted by molar-refractivity contribution is -0.136. The molecule has 1 rings (SSSR count). The third-order valence-electron chi connectivity index (χ3n) is 1.85. The predicted molar refractivity (Wildman–Crippen MR) is 54.2 cm³/mol. The van der Waals surface area contributed by atoms with E-state index in [-0.39, 0.29) is 12.8 Å². The van der Waals surface area contributed by atoms with Crippen molar-refractivity contribution in [2.24, 2.45) is 0 Å². The van der Waals surface area contributed by atoms with Crippen LogP contribution < -0.4 is 0 Å². The van der Waals surface area contributed by atoms with Crippen LogP contribution >= 0.6 is 22.9 Å². The van der Waals surface area contributed by atoms with E-state index in [0.29, 0.717) is 9.90 Å². The van der Waals surface area contributed by atoms with Gasteiger partial charge in [-0.15, -0.1) is 11.3 Å². The zero-order chi connectivity index (χ0) is 11.5. The molecule has 1 heterocycles. The van der Waals surface area contributed by atoms with Crippen LogP contribution in [0.3, 0.4) is 0 Å². The van der Waals surface area contributed by atoms with Crippen molar-refractivity contribution < 1.29 is 18.3 Å². The minimum absolute atomic E-state index is 0.0693. The largest absolute Gasteiger partial charge is 0.389 e.